The lowest BCUT2D eigenvalue weighted by atomic mass is 9.64. The van der Waals surface area contributed by atoms with Crippen molar-refractivity contribution in [2.75, 3.05) is 13.1 Å². The third-order valence-corrected chi connectivity index (χ3v) is 5.19. The van der Waals surface area contributed by atoms with Crippen LogP contribution in [-0.4, -0.2) is 53.3 Å². The zero-order valence-corrected chi connectivity index (χ0v) is 14.2. The largest absolute Gasteiger partial charge is 0.481 e. The van der Waals surface area contributed by atoms with Crippen LogP contribution in [-0.2, 0) is 9.53 Å². The summed E-state index contributed by atoms with van der Waals surface area (Å²) < 4.78 is 5.86. The Balaban J connectivity index is 1.88. The van der Waals surface area contributed by atoms with Crippen LogP contribution in [0.2, 0.25) is 0 Å². The maximum atomic E-state index is 12.4. The molecule has 1 aliphatic heterocycles. The Morgan fingerprint density at radius 2 is 1.95 bits per heavy atom. The van der Waals surface area contributed by atoms with Gasteiger partial charge in [0.1, 0.15) is 0 Å². The summed E-state index contributed by atoms with van der Waals surface area (Å²) >= 11 is 0. The lowest BCUT2D eigenvalue weighted by Crippen LogP contribution is -2.63. The molecule has 126 valence electrons. The van der Waals surface area contributed by atoms with Gasteiger partial charge in [0.2, 0.25) is 0 Å². The van der Waals surface area contributed by atoms with Crippen molar-refractivity contribution in [3.8, 4) is 0 Å². The van der Waals surface area contributed by atoms with Crippen molar-refractivity contribution in [1.82, 2.24) is 10.2 Å². The number of urea groups is 1. The van der Waals surface area contributed by atoms with Crippen LogP contribution in [0.1, 0.15) is 47.5 Å². The van der Waals surface area contributed by atoms with Gasteiger partial charge in [-0.25, -0.2) is 4.79 Å². The van der Waals surface area contributed by atoms with Crippen molar-refractivity contribution < 1.29 is 19.4 Å². The molecule has 6 nitrogen and oxygen atoms in total. The molecule has 6 heteroatoms. The molecular weight excluding hydrogens is 284 g/mol. The quantitative estimate of drug-likeness (QED) is 0.833. The molecule has 2 rings (SSSR count). The zero-order valence-electron chi connectivity index (χ0n) is 14.2. The summed E-state index contributed by atoms with van der Waals surface area (Å²) in [5.74, 6) is -0.836. The van der Waals surface area contributed by atoms with E-state index in [1.165, 1.54) is 0 Å². The molecule has 2 aliphatic rings. The molecule has 0 bridgehead atoms. The fourth-order valence-corrected chi connectivity index (χ4v) is 3.24. The van der Waals surface area contributed by atoms with E-state index in [0.717, 1.165) is 6.42 Å². The summed E-state index contributed by atoms with van der Waals surface area (Å²) in [6, 6.07) is -0.0912. The first-order chi connectivity index (χ1) is 10.1. The maximum Gasteiger partial charge on any atom is 0.317 e. The van der Waals surface area contributed by atoms with Crippen molar-refractivity contribution in [2.24, 2.45) is 10.8 Å². The van der Waals surface area contributed by atoms with Crippen LogP contribution in [0, 0.1) is 10.8 Å². The van der Waals surface area contributed by atoms with Gasteiger partial charge in [-0.3, -0.25) is 4.79 Å². The molecule has 0 aromatic heterocycles. The molecule has 0 radical (unpaired) electrons. The SMILES string of the molecule is CC(C)OC1CC(NC(=O)N2CCC(C)(C(=O)O)C2)C1(C)C. The number of ether oxygens (including phenoxy) is 1. The molecule has 3 unspecified atom stereocenters. The maximum absolute atomic E-state index is 12.4. The normalized spacial score (nSPS) is 33.6. The number of nitrogens with zero attached hydrogens (tertiary/aromatic N) is 1. The molecule has 0 aromatic carbocycles. The van der Waals surface area contributed by atoms with E-state index in [2.05, 4.69) is 19.2 Å². The first-order valence-electron chi connectivity index (χ1n) is 8.00. The highest BCUT2D eigenvalue weighted by Gasteiger charge is 2.51. The van der Waals surface area contributed by atoms with Crippen LogP contribution >= 0.6 is 0 Å². The Labute approximate surface area is 132 Å². The number of likely N-dealkylation sites (tertiary alicyclic amines) is 1. The number of hydrogen-bond donors (Lipinski definition) is 2. The van der Waals surface area contributed by atoms with Crippen molar-refractivity contribution in [3.05, 3.63) is 0 Å². The molecule has 3 atom stereocenters. The molecule has 1 aliphatic carbocycles. The average molecular weight is 312 g/mol. The van der Waals surface area contributed by atoms with Crippen molar-refractivity contribution in [2.45, 2.75) is 65.7 Å². The first-order valence-corrected chi connectivity index (χ1v) is 8.00. The molecule has 1 saturated carbocycles. The molecule has 22 heavy (non-hydrogen) atoms. The number of rotatable bonds is 4. The third-order valence-electron chi connectivity index (χ3n) is 5.19. The Morgan fingerprint density at radius 1 is 1.32 bits per heavy atom. The average Bonchev–Trinajstić information content (AvgIpc) is 2.81. The summed E-state index contributed by atoms with van der Waals surface area (Å²) in [5, 5.41) is 12.3. The number of carbonyl (C=O) groups is 2. The van der Waals surface area contributed by atoms with Crippen LogP contribution in [0.15, 0.2) is 0 Å². The lowest BCUT2D eigenvalue weighted by molar-refractivity contribution is -0.147. The second-order valence-corrected chi connectivity index (χ2v) is 7.77. The predicted octanol–water partition coefficient (Wildman–Crippen LogP) is 2.08. The van der Waals surface area contributed by atoms with Gasteiger partial charge in [-0.15, -0.1) is 0 Å². The van der Waals surface area contributed by atoms with E-state index in [1.807, 2.05) is 13.8 Å². The van der Waals surface area contributed by atoms with Crippen LogP contribution in [0.4, 0.5) is 4.79 Å². The van der Waals surface area contributed by atoms with Gasteiger partial charge in [0.05, 0.1) is 17.6 Å². The van der Waals surface area contributed by atoms with Crippen LogP contribution in [0.25, 0.3) is 0 Å². The summed E-state index contributed by atoms with van der Waals surface area (Å²) in [4.78, 5) is 25.2. The van der Waals surface area contributed by atoms with Crippen molar-refractivity contribution >= 4 is 12.0 Å². The first kappa shape index (κ1) is 17.1. The van der Waals surface area contributed by atoms with Gasteiger partial charge >= 0.3 is 12.0 Å². The Bertz CT molecular complexity index is 463. The number of aliphatic carboxylic acids is 1. The van der Waals surface area contributed by atoms with Gasteiger partial charge in [-0.2, -0.15) is 0 Å². The van der Waals surface area contributed by atoms with Gasteiger partial charge in [0.25, 0.3) is 0 Å². The van der Waals surface area contributed by atoms with Gasteiger partial charge in [-0.05, 0) is 33.6 Å². The van der Waals surface area contributed by atoms with Gasteiger partial charge in [0, 0.05) is 24.5 Å². The molecular formula is C16H28N2O4. The molecule has 0 aromatic rings. The Kier molecular flexibility index (Phi) is 4.44. The molecule has 1 saturated heterocycles. The topological polar surface area (TPSA) is 78.9 Å². The molecule has 0 spiro atoms. The number of hydrogen-bond acceptors (Lipinski definition) is 3. The minimum absolute atomic E-state index is 0.0698. The summed E-state index contributed by atoms with van der Waals surface area (Å²) in [6.45, 7) is 10.7. The lowest BCUT2D eigenvalue weighted by Gasteiger charge is -2.52. The number of nitrogens with one attached hydrogen (secondary N) is 1. The predicted molar refractivity (Wildman–Crippen MR) is 82.7 cm³/mol. The summed E-state index contributed by atoms with van der Waals surface area (Å²) in [6.07, 6.45) is 1.64. The number of carboxylic acids is 1. The van der Waals surface area contributed by atoms with Gasteiger partial charge in [0.15, 0.2) is 0 Å². The van der Waals surface area contributed by atoms with Crippen LogP contribution in [0.3, 0.4) is 0 Å². The van der Waals surface area contributed by atoms with Crippen LogP contribution < -0.4 is 5.32 Å². The number of amides is 2. The highest BCUT2D eigenvalue weighted by Crippen LogP contribution is 2.43. The van der Waals surface area contributed by atoms with Crippen LogP contribution in [0.5, 0.6) is 0 Å². The van der Waals surface area contributed by atoms with Crippen molar-refractivity contribution in [3.63, 3.8) is 0 Å². The second kappa shape index (κ2) is 5.72. The van der Waals surface area contributed by atoms with E-state index in [1.54, 1.807) is 11.8 Å². The molecule has 2 N–H and O–H groups in total. The Morgan fingerprint density at radius 3 is 2.41 bits per heavy atom. The minimum Gasteiger partial charge on any atom is -0.481 e. The summed E-state index contributed by atoms with van der Waals surface area (Å²) in [5.41, 5.74) is -0.925. The highest BCUT2D eigenvalue weighted by molar-refractivity contribution is 5.79. The Hall–Kier alpha value is -1.30. The molecule has 2 fully saturated rings. The fourth-order valence-electron chi connectivity index (χ4n) is 3.24. The fraction of sp³-hybridized carbons (Fsp3) is 0.875. The molecule has 1 heterocycles. The second-order valence-electron chi connectivity index (χ2n) is 7.77. The summed E-state index contributed by atoms with van der Waals surface area (Å²) in [7, 11) is 0. The number of carbonyl (C=O) groups excluding carboxylic acids is 1. The van der Waals surface area contributed by atoms with Crippen molar-refractivity contribution in [1.29, 1.82) is 0 Å². The van der Waals surface area contributed by atoms with E-state index in [-0.39, 0.29) is 36.2 Å². The van der Waals surface area contributed by atoms with E-state index in [4.69, 9.17) is 4.74 Å². The highest BCUT2D eigenvalue weighted by atomic mass is 16.5. The molecule has 2 amide bonds. The van der Waals surface area contributed by atoms with Gasteiger partial charge < -0.3 is 20.1 Å². The number of carboxylic acid groups (broad SMARTS) is 1. The minimum atomic E-state index is -0.836. The van der Waals surface area contributed by atoms with E-state index in [0.29, 0.717) is 13.0 Å². The smallest absolute Gasteiger partial charge is 0.317 e. The van der Waals surface area contributed by atoms with E-state index >= 15 is 0 Å². The zero-order chi connectivity index (χ0) is 16.7. The third kappa shape index (κ3) is 3.07. The van der Waals surface area contributed by atoms with E-state index in [9.17, 15) is 14.7 Å². The van der Waals surface area contributed by atoms with E-state index < -0.39 is 11.4 Å². The monoisotopic (exact) mass is 312 g/mol. The standard InChI is InChI=1S/C16H28N2O4/c1-10(2)22-12-8-11(15(12,3)4)17-14(21)18-7-6-16(5,9-18)13(19)20/h10-12H,6-9H2,1-5H3,(H,17,21)(H,19,20). The van der Waals surface area contributed by atoms with Gasteiger partial charge in [-0.1, -0.05) is 13.8 Å².